The first-order chi connectivity index (χ1) is 6.33. The standard InChI is InChI=1S/C12H23N/c1-3-11-9-8-10(2)13(11)12-6-4-5-7-12/h10-12H,3-9H2,1-2H3. The van der Waals surface area contributed by atoms with E-state index >= 15 is 0 Å². The summed E-state index contributed by atoms with van der Waals surface area (Å²) < 4.78 is 0. The Kier molecular flexibility index (Phi) is 2.92. The minimum atomic E-state index is 0.869. The van der Waals surface area contributed by atoms with Gasteiger partial charge in [0.05, 0.1) is 0 Å². The molecule has 13 heavy (non-hydrogen) atoms. The van der Waals surface area contributed by atoms with Crippen LogP contribution in [0.3, 0.4) is 0 Å². The van der Waals surface area contributed by atoms with Crippen molar-refractivity contribution in [3.63, 3.8) is 0 Å². The fraction of sp³-hybridized carbons (Fsp3) is 1.00. The van der Waals surface area contributed by atoms with Crippen LogP contribution in [0.15, 0.2) is 0 Å². The van der Waals surface area contributed by atoms with Gasteiger partial charge in [-0.15, -0.1) is 0 Å². The van der Waals surface area contributed by atoms with Gasteiger partial charge in [-0.25, -0.2) is 0 Å². The monoisotopic (exact) mass is 181 g/mol. The van der Waals surface area contributed by atoms with Crippen molar-refractivity contribution in [1.29, 1.82) is 0 Å². The summed E-state index contributed by atoms with van der Waals surface area (Å²) >= 11 is 0. The zero-order chi connectivity index (χ0) is 9.26. The smallest absolute Gasteiger partial charge is 0.0101 e. The molecule has 0 aromatic rings. The fourth-order valence-corrected chi connectivity index (χ4v) is 3.37. The Morgan fingerprint density at radius 3 is 2.38 bits per heavy atom. The van der Waals surface area contributed by atoms with Gasteiger partial charge in [0.2, 0.25) is 0 Å². The van der Waals surface area contributed by atoms with E-state index in [4.69, 9.17) is 0 Å². The topological polar surface area (TPSA) is 3.24 Å². The minimum absolute atomic E-state index is 0.869. The molecule has 1 heteroatoms. The molecule has 0 radical (unpaired) electrons. The first-order valence-corrected chi connectivity index (χ1v) is 6.10. The highest BCUT2D eigenvalue weighted by Gasteiger charge is 2.35. The van der Waals surface area contributed by atoms with Crippen LogP contribution in [-0.4, -0.2) is 23.0 Å². The van der Waals surface area contributed by atoms with E-state index in [0.29, 0.717) is 0 Å². The van der Waals surface area contributed by atoms with E-state index in [9.17, 15) is 0 Å². The SMILES string of the molecule is CCC1CCC(C)N1C1CCCC1. The highest BCUT2D eigenvalue weighted by molar-refractivity contribution is 4.90. The molecule has 0 spiro atoms. The Bertz CT molecular complexity index is 161. The lowest BCUT2D eigenvalue weighted by molar-refractivity contribution is 0.135. The molecule has 76 valence electrons. The van der Waals surface area contributed by atoms with Gasteiger partial charge in [-0.05, 0) is 39.0 Å². The van der Waals surface area contributed by atoms with E-state index < -0.39 is 0 Å². The minimum Gasteiger partial charge on any atom is -0.295 e. The van der Waals surface area contributed by atoms with E-state index in [0.717, 1.165) is 18.1 Å². The van der Waals surface area contributed by atoms with Gasteiger partial charge in [0.15, 0.2) is 0 Å². The van der Waals surface area contributed by atoms with Crippen LogP contribution in [-0.2, 0) is 0 Å². The molecule has 1 saturated heterocycles. The Morgan fingerprint density at radius 2 is 1.77 bits per heavy atom. The molecule has 2 rings (SSSR count). The summed E-state index contributed by atoms with van der Waals surface area (Å²) in [6, 6.07) is 2.73. The maximum Gasteiger partial charge on any atom is 0.0101 e. The summed E-state index contributed by atoms with van der Waals surface area (Å²) in [6.45, 7) is 4.78. The van der Waals surface area contributed by atoms with Crippen LogP contribution < -0.4 is 0 Å². The molecule has 1 nitrogen and oxygen atoms in total. The summed E-state index contributed by atoms with van der Waals surface area (Å²) in [5.74, 6) is 0. The molecule has 2 fully saturated rings. The maximum atomic E-state index is 2.84. The molecule has 0 aromatic carbocycles. The molecule has 2 aliphatic rings. The van der Waals surface area contributed by atoms with Crippen molar-refractivity contribution in [2.24, 2.45) is 0 Å². The van der Waals surface area contributed by atoms with Crippen molar-refractivity contribution in [2.75, 3.05) is 0 Å². The molecule has 0 bridgehead atoms. The van der Waals surface area contributed by atoms with Gasteiger partial charge >= 0.3 is 0 Å². The second-order valence-corrected chi connectivity index (χ2v) is 4.87. The predicted octanol–water partition coefficient (Wildman–Crippen LogP) is 3.19. The average Bonchev–Trinajstić information content (AvgIpc) is 2.72. The van der Waals surface area contributed by atoms with Gasteiger partial charge in [0.25, 0.3) is 0 Å². The molecule has 1 aliphatic heterocycles. The van der Waals surface area contributed by atoms with E-state index in [-0.39, 0.29) is 0 Å². The van der Waals surface area contributed by atoms with Crippen molar-refractivity contribution in [1.82, 2.24) is 4.90 Å². The highest BCUT2D eigenvalue weighted by Crippen LogP contribution is 2.34. The van der Waals surface area contributed by atoms with Crippen LogP contribution in [0, 0.1) is 0 Å². The van der Waals surface area contributed by atoms with Gasteiger partial charge < -0.3 is 0 Å². The Morgan fingerprint density at radius 1 is 1.08 bits per heavy atom. The molecule has 0 amide bonds. The third kappa shape index (κ3) is 1.76. The molecular formula is C12H23N. The summed E-state index contributed by atoms with van der Waals surface area (Å²) in [5.41, 5.74) is 0. The second-order valence-electron chi connectivity index (χ2n) is 4.87. The van der Waals surface area contributed by atoms with Crippen LogP contribution in [0.2, 0.25) is 0 Å². The summed E-state index contributed by atoms with van der Waals surface area (Å²) in [5, 5.41) is 0. The maximum absolute atomic E-state index is 2.84. The third-order valence-electron chi connectivity index (χ3n) is 4.07. The lowest BCUT2D eigenvalue weighted by Gasteiger charge is -2.33. The summed E-state index contributed by atoms with van der Waals surface area (Å²) in [4.78, 5) is 2.84. The number of hydrogen-bond donors (Lipinski definition) is 0. The van der Waals surface area contributed by atoms with E-state index in [2.05, 4.69) is 18.7 Å². The van der Waals surface area contributed by atoms with Crippen molar-refractivity contribution in [3.8, 4) is 0 Å². The van der Waals surface area contributed by atoms with Crippen LogP contribution in [0.4, 0.5) is 0 Å². The molecule has 1 heterocycles. The first-order valence-electron chi connectivity index (χ1n) is 6.10. The van der Waals surface area contributed by atoms with Crippen molar-refractivity contribution in [2.45, 2.75) is 76.9 Å². The van der Waals surface area contributed by atoms with E-state index in [1.54, 1.807) is 0 Å². The largest absolute Gasteiger partial charge is 0.295 e. The zero-order valence-corrected chi connectivity index (χ0v) is 9.13. The van der Waals surface area contributed by atoms with Crippen LogP contribution >= 0.6 is 0 Å². The Balaban J connectivity index is 2.00. The molecular weight excluding hydrogens is 158 g/mol. The lowest BCUT2D eigenvalue weighted by Crippen LogP contribution is -2.41. The van der Waals surface area contributed by atoms with E-state index in [1.165, 1.54) is 44.9 Å². The first kappa shape index (κ1) is 9.51. The van der Waals surface area contributed by atoms with Crippen molar-refractivity contribution in [3.05, 3.63) is 0 Å². The van der Waals surface area contributed by atoms with Crippen molar-refractivity contribution < 1.29 is 0 Å². The lowest BCUT2D eigenvalue weighted by atomic mass is 10.1. The number of nitrogens with zero attached hydrogens (tertiary/aromatic N) is 1. The molecule has 2 unspecified atom stereocenters. The average molecular weight is 181 g/mol. The van der Waals surface area contributed by atoms with Gasteiger partial charge in [-0.3, -0.25) is 4.90 Å². The number of likely N-dealkylation sites (tertiary alicyclic amines) is 1. The second kappa shape index (κ2) is 4.00. The van der Waals surface area contributed by atoms with E-state index in [1.807, 2.05) is 0 Å². The van der Waals surface area contributed by atoms with Gasteiger partial charge in [-0.2, -0.15) is 0 Å². The third-order valence-corrected chi connectivity index (χ3v) is 4.07. The Labute approximate surface area is 82.5 Å². The van der Waals surface area contributed by atoms with Crippen LogP contribution in [0.1, 0.15) is 58.8 Å². The number of rotatable bonds is 2. The fourth-order valence-electron chi connectivity index (χ4n) is 3.37. The highest BCUT2D eigenvalue weighted by atomic mass is 15.2. The van der Waals surface area contributed by atoms with Gasteiger partial charge in [-0.1, -0.05) is 19.8 Å². The van der Waals surface area contributed by atoms with Crippen LogP contribution in [0.25, 0.3) is 0 Å². The van der Waals surface area contributed by atoms with Crippen LogP contribution in [0.5, 0.6) is 0 Å². The normalized spacial score (nSPS) is 37.4. The zero-order valence-electron chi connectivity index (χ0n) is 9.13. The molecule has 0 aromatic heterocycles. The molecule has 1 aliphatic carbocycles. The summed E-state index contributed by atoms with van der Waals surface area (Å²) in [6.07, 6.45) is 10.2. The summed E-state index contributed by atoms with van der Waals surface area (Å²) in [7, 11) is 0. The predicted molar refractivity (Wildman–Crippen MR) is 56.9 cm³/mol. The quantitative estimate of drug-likeness (QED) is 0.632. The van der Waals surface area contributed by atoms with Crippen molar-refractivity contribution >= 4 is 0 Å². The molecule has 2 atom stereocenters. The molecule has 0 N–H and O–H groups in total. The van der Waals surface area contributed by atoms with Gasteiger partial charge in [0, 0.05) is 18.1 Å². The Hall–Kier alpha value is -0.0400. The van der Waals surface area contributed by atoms with Gasteiger partial charge in [0.1, 0.15) is 0 Å². The molecule has 1 saturated carbocycles. The number of hydrogen-bond acceptors (Lipinski definition) is 1.